The van der Waals surface area contributed by atoms with Crippen LogP contribution >= 0.6 is 11.6 Å². The monoisotopic (exact) mass is 406 g/mol. The van der Waals surface area contributed by atoms with Crippen molar-refractivity contribution >= 4 is 29.1 Å². The van der Waals surface area contributed by atoms with Gasteiger partial charge in [0, 0.05) is 22.7 Å². The molecule has 0 aromatic heterocycles. The highest BCUT2D eigenvalue weighted by Crippen LogP contribution is 2.19. The third-order valence-electron chi connectivity index (χ3n) is 4.61. The Balaban J connectivity index is 1.55. The SMILES string of the molecule is CC(NC(=O)CCc1ccc(Cl)cc1)c1cccc(NC(=O)c2ccccc2)c1. The van der Waals surface area contributed by atoms with Crippen molar-refractivity contribution in [3.8, 4) is 0 Å². The van der Waals surface area contributed by atoms with Crippen LogP contribution in [0.3, 0.4) is 0 Å². The van der Waals surface area contributed by atoms with Crippen LogP contribution in [0.4, 0.5) is 5.69 Å². The Morgan fingerprint density at radius 3 is 2.38 bits per heavy atom. The predicted octanol–water partition coefficient (Wildman–Crippen LogP) is 5.40. The molecule has 1 unspecified atom stereocenters. The second-order valence-electron chi connectivity index (χ2n) is 6.86. The van der Waals surface area contributed by atoms with Crippen molar-refractivity contribution in [3.05, 3.63) is 101 Å². The molecular formula is C24H23ClN2O2. The van der Waals surface area contributed by atoms with E-state index >= 15 is 0 Å². The number of nitrogens with one attached hydrogen (secondary N) is 2. The first-order valence-corrected chi connectivity index (χ1v) is 9.89. The van der Waals surface area contributed by atoms with Gasteiger partial charge in [0.25, 0.3) is 5.91 Å². The summed E-state index contributed by atoms with van der Waals surface area (Å²) >= 11 is 5.88. The molecule has 0 aliphatic rings. The maximum Gasteiger partial charge on any atom is 0.255 e. The first kappa shape index (κ1) is 20.6. The Labute approximate surface area is 175 Å². The Morgan fingerprint density at radius 2 is 1.66 bits per heavy atom. The van der Waals surface area contributed by atoms with E-state index in [0.717, 1.165) is 11.1 Å². The van der Waals surface area contributed by atoms with Gasteiger partial charge in [0.2, 0.25) is 5.91 Å². The first-order chi connectivity index (χ1) is 14.0. The van der Waals surface area contributed by atoms with Crippen LogP contribution in [0.25, 0.3) is 0 Å². The molecule has 3 rings (SSSR count). The minimum absolute atomic E-state index is 0.0221. The van der Waals surface area contributed by atoms with E-state index in [1.807, 2.05) is 73.7 Å². The lowest BCUT2D eigenvalue weighted by Crippen LogP contribution is -2.26. The molecule has 0 radical (unpaired) electrons. The van der Waals surface area contributed by atoms with Gasteiger partial charge in [-0.15, -0.1) is 0 Å². The minimum Gasteiger partial charge on any atom is -0.350 e. The fourth-order valence-electron chi connectivity index (χ4n) is 2.98. The van der Waals surface area contributed by atoms with Crippen molar-refractivity contribution in [2.45, 2.75) is 25.8 Å². The molecule has 5 heteroatoms. The average Bonchev–Trinajstić information content (AvgIpc) is 2.74. The van der Waals surface area contributed by atoms with Gasteiger partial charge < -0.3 is 10.6 Å². The number of benzene rings is 3. The number of halogens is 1. The van der Waals surface area contributed by atoms with Gasteiger partial charge in [0.15, 0.2) is 0 Å². The molecule has 1 atom stereocenters. The molecule has 0 heterocycles. The van der Waals surface area contributed by atoms with Gasteiger partial charge in [-0.1, -0.05) is 54.1 Å². The number of amides is 2. The van der Waals surface area contributed by atoms with Crippen LogP contribution < -0.4 is 10.6 Å². The van der Waals surface area contributed by atoms with E-state index in [1.54, 1.807) is 12.1 Å². The van der Waals surface area contributed by atoms with Gasteiger partial charge in [-0.2, -0.15) is 0 Å². The molecule has 3 aromatic carbocycles. The van der Waals surface area contributed by atoms with Crippen molar-refractivity contribution < 1.29 is 9.59 Å². The van der Waals surface area contributed by atoms with E-state index in [2.05, 4.69) is 10.6 Å². The summed E-state index contributed by atoms with van der Waals surface area (Å²) in [7, 11) is 0. The molecule has 0 aliphatic heterocycles. The van der Waals surface area contributed by atoms with E-state index in [0.29, 0.717) is 29.1 Å². The molecule has 2 N–H and O–H groups in total. The summed E-state index contributed by atoms with van der Waals surface area (Å²) in [6, 6.07) is 23.9. The van der Waals surface area contributed by atoms with Gasteiger partial charge in [-0.05, 0) is 60.9 Å². The van der Waals surface area contributed by atoms with E-state index < -0.39 is 0 Å². The molecule has 0 spiro atoms. The molecule has 0 aliphatic carbocycles. The summed E-state index contributed by atoms with van der Waals surface area (Å²) in [4.78, 5) is 24.6. The topological polar surface area (TPSA) is 58.2 Å². The second-order valence-corrected chi connectivity index (χ2v) is 7.30. The number of rotatable bonds is 7. The van der Waals surface area contributed by atoms with Gasteiger partial charge in [0.1, 0.15) is 0 Å². The highest BCUT2D eigenvalue weighted by Gasteiger charge is 2.11. The second kappa shape index (κ2) is 9.89. The summed E-state index contributed by atoms with van der Waals surface area (Å²) in [5, 5.41) is 6.59. The third kappa shape index (κ3) is 6.19. The lowest BCUT2D eigenvalue weighted by atomic mass is 10.1. The molecule has 3 aromatic rings. The number of carbonyl (C=O) groups is 2. The molecule has 0 fully saturated rings. The van der Waals surface area contributed by atoms with Crippen molar-refractivity contribution in [2.24, 2.45) is 0 Å². The summed E-state index contributed by atoms with van der Waals surface area (Å²) in [5.74, 6) is -0.187. The van der Waals surface area contributed by atoms with Crippen molar-refractivity contribution in [2.75, 3.05) is 5.32 Å². The highest BCUT2D eigenvalue weighted by molar-refractivity contribution is 6.30. The zero-order valence-electron chi connectivity index (χ0n) is 16.2. The molecule has 148 valence electrons. The summed E-state index contributed by atoms with van der Waals surface area (Å²) < 4.78 is 0. The molecule has 0 saturated heterocycles. The summed E-state index contributed by atoms with van der Waals surface area (Å²) in [6.07, 6.45) is 1.05. The van der Waals surface area contributed by atoms with Crippen LogP contribution in [0, 0.1) is 0 Å². The zero-order valence-corrected chi connectivity index (χ0v) is 16.9. The average molecular weight is 407 g/mol. The lowest BCUT2D eigenvalue weighted by molar-refractivity contribution is -0.121. The minimum atomic E-state index is -0.165. The Bertz CT molecular complexity index is 972. The fourth-order valence-corrected chi connectivity index (χ4v) is 3.11. The molecule has 29 heavy (non-hydrogen) atoms. The maximum absolute atomic E-state index is 12.3. The van der Waals surface area contributed by atoms with Crippen LogP contribution in [0.1, 0.15) is 40.9 Å². The van der Waals surface area contributed by atoms with E-state index in [4.69, 9.17) is 11.6 Å². The van der Waals surface area contributed by atoms with Crippen LogP contribution in [0.2, 0.25) is 5.02 Å². The standard InChI is InChI=1S/C24H23ClN2O2/c1-17(26-23(28)15-12-18-10-13-21(25)14-11-18)20-8-5-9-22(16-20)27-24(29)19-6-3-2-4-7-19/h2-11,13-14,16-17H,12,15H2,1H3,(H,26,28)(H,27,29). The van der Waals surface area contributed by atoms with Gasteiger partial charge >= 0.3 is 0 Å². The molecule has 0 saturated carbocycles. The largest absolute Gasteiger partial charge is 0.350 e. The number of carbonyl (C=O) groups excluding carboxylic acids is 2. The Morgan fingerprint density at radius 1 is 0.931 bits per heavy atom. The van der Waals surface area contributed by atoms with E-state index in [1.165, 1.54) is 0 Å². The normalized spacial score (nSPS) is 11.5. The maximum atomic E-state index is 12.3. The van der Waals surface area contributed by atoms with Crippen LogP contribution in [-0.2, 0) is 11.2 Å². The van der Waals surface area contributed by atoms with E-state index in [9.17, 15) is 9.59 Å². The molecule has 0 bridgehead atoms. The van der Waals surface area contributed by atoms with Gasteiger partial charge in [0.05, 0.1) is 6.04 Å². The quantitative estimate of drug-likeness (QED) is 0.551. The predicted molar refractivity (Wildman–Crippen MR) is 117 cm³/mol. The number of aryl methyl sites for hydroxylation is 1. The van der Waals surface area contributed by atoms with E-state index in [-0.39, 0.29) is 17.9 Å². The smallest absolute Gasteiger partial charge is 0.255 e. The summed E-state index contributed by atoms with van der Waals surface area (Å²) in [5.41, 5.74) is 3.29. The fraction of sp³-hybridized carbons (Fsp3) is 0.167. The number of hydrogen-bond acceptors (Lipinski definition) is 2. The first-order valence-electron chi connectivity index (χ1n) is 9.51. The Kier molecular flexibility index (Phi) is 7.04. The molecule has 4 nitrogen and oxygen atoms in total. The molecule has 2 amide bonds. The van der Waals surface area contributed by atoms with Crippen LogP contribution in [-0.4, -0.2) is 11.8 Å². The number of hydrogen-bond donors (Lipinski definition) is 2. The summed E-state index contributed by atoms with van der Waals surface area (Å²) in [6.45, 7) is 1.93. The molecular weight excluding hydrogens is 384 g/mol. The van der Waals surface area contributed by atoms with Gasteiger partial charge in [-0.3, -0.25) is 9.59 Å². The van der Waals surface area contributed by atoms with Crippen LogP contribution in [0.5, 0.6) is 0 Å². The Hall–Kier alpha value is -3.11. The van der Waals surface area contributed by atoms with Crippen molar-refractivity contribution in [3.63, 3.8) is 0 Å². The van der Waals surface area contributed by atoms with Crippen molar-refractivity contribution in [1.82, 2.24) is 5.32 Å². The van der Waals surface area contributed by atoms with Crippen LogP contribution in [0.15, 0.2) is 78.9 Å². The highest BCUT2D eigenvalue weighted by atomic mass is 35.5. The van der Waals surface area contributed by atoms with Crippen molar-refractivity contribution in [1.29, 1.82) is 0 Å². The number of anilines is 1. The van der Waals surface area contributed by atoms with Gasteiger partial charge in [-0.25, -0.2) is 0 Å². The lowest BCUT2D eigenvalue weighted by Gasteiger charge is -2.16. The third-order valence-corrected chi connectivity index (χ3v) is 4.86. The zero-order chi connectivity index (χ0) is 20.6.